The van der Waals surface area contributed by atoms with Gasteiger partial charge in [-0.1, -0.05) is 13.0 Å². The fraction of sp³-hybridized carbons (Fsp3) is 0.571. The zero-order valence-electron chi connectivity index (χ0n) is 11.2. The average molecular weight is 249 g/mol. The number of phenols is 1. The molecule has 0 amide bonds. The van der Waals surface area contributed by atoms with Crippen LogP contribution in [0.5, 0.6) is 5.75 Å². The van der Waals surface area contributed by atoms with Crippen LogP contribution in [0.3, 0.4) is 0 Å². The summed E-state index contributed by atoms with van der Waals surface area (Å²) in [5.74, 6) is 0.264. The summed E-state index contributed by atoms with van der Waals surface area (Å²) in [6.45, 7) is 8.27. The number of piperazine rings is 1. The molecule has 1 fully saturated rings. The van der Waals surface area contributed by atoms with E-state index in [2.05, 4.69) is 17.1 Å². The number of aryl methyl sites for hydroxylation is 1. The lowest BCUT2D eigenvalue weighted by molar-refractivity contribution is 0.166. The van der Waals surface area contributed by atoms with Gasteiger partial charge in [-0.25, -0.2) is 0 Å². The molecule has 1 aliphatic heterocycles. The first-order valence-electron chi connectivity index (χ1n) is 6.67. The number of anilines is 1. The summed E-state index contributed by atoms with van der Waals surface area (Å²) >= 11 is 0. The van der Waals surface area contributed by atoms with Crippen LogP contribution in [-0.2, 0) is 0 Å². The van der Waals surface area contributed by atoms with Gasteiger partial charge in [-0.05, 0) is 25.0 Å². The van der Waals surface area contributed by atoms with Gasteiger partial charge in [-0.3, -0.25) is 4.90 Å². The highest BCUT2D eigenvalue weighted by Gasteiger charge is 2.25. The summed E-state index contributed by atoms with van der Waals surface area (Å²) in [7, 11) is 0. The van der Waals surface area contributed by atoms with Gasteiger partial charge in [0, 0.05) is 37.8 Å². The Balaban J connectivity index is 2.34. The molecule has 0 bridgehead atoms. The summed E-state index contributed by atoms with van der Waals surface area (Å²) in [6, 6.07) is 4.03. The summed E-state index contributed by atoms with van der Waals surface area (Å²) in [6.07, 6.45) is 0.984. The van der Waals surface area contributed by atoms with Crippen LogP contribution in [-0.4, -0.2) is 36.2 Å². The molecular weight excluding hydrogens is 226 g/mol. The third kappa shape index (κ3) is 2.44. The number of nitrogens with zero attached hydrogens (tertiary/aromatic N) is 1. The molecule has 0 aliphatic carbocycles. The standard InChI is InChI=1S/C14H23N3O/c1-3-12(17-8-6-16-7-9-17)13-10(2)4-5-11(15)14(13)18/h4-5,12,16,18H,3,6-9,15H2,1-2H3/t12-/m1/s1. The van der Waals surface area contributed by atoms with Crippen LogP contribution < -0.4 is 11.1 Å². The van der Waals surface area contributed by atoms with Crippen molar-refractivity contribution >= 4 is 5.69 Å². The van der Waals surface area contributed by atoms with Crippen molar-refractivity contribution in [3.8, 4) is 5.75 Å². The summed E-state index contributed by atoms with van der Waals surface area (Å²) in [5, 5.41) is 13.6. The molecule has 0 radical (unpaired) electrons. The Bertz CT molecular complexity index is 414. The van der Waals surface area contributed by atoms with E-state index < -0.39 is 0 Å². The van der Waals surface area contributed by atoms with Crippen molar-refractivity contribution in [2.24, 2.45) is 0 Å². The maximum Gasteiger partial charge on any atom is 0.143 e. The minimum Gasteiger partial charge on any atom is -0.505 e. The SMILES string of the molecule is CC[C@H](c1c(C)ccc(N)c1O)N1CCNCC1. The lowest BCUT2D eigenvalue weighted by atomic mass is 9.95. The first-order valence-corrected chi connectivity index (χ1v) is 6.67. The zero-order valence-corrected chi connectivity index (χ0v) is 11.2. The third-order valence-corrected chi connectivity index (χ3v) is 3.78. The monoisotopic (exact) mass is 249 g/mol. The predicted molar refractivity (Wildman–Crippen MR) is 74.7 cm³/mol. The molecule has 2 rings (SSSR count). The molecule has 0 spiro atoms. The van der Waals surface area contributed by atoms with E-state index in [0.717, 1.165) is 43.7 Å². The maximum absolute atomic E-state index is 10.2. The molecule has 1 atom stereocenters. The van der Waals surface area contributed by atoms with Crippen LogP contribution in [0, 0.1) is 6.92 Å². The van der Waals surface area contributed by atoms with E-state index in [0.29, 0.717) is 5.69 Å². The second kappa shape index (κ2) is 5.59. The quantitative estimate of drug-likeness (QED) is 0.563. The van der Waals surface area contributed by atoms with Gasteiger partial charge in [-0.2, -0.15) is 0 Å². The number of aromatic hydroxyl groups is 1. The summed E-state index contributed by atoms with van der Waals surface area (Å²) in [4.78, 5) is 2.43. The number of rotatable bonds is 3. The Morgan fingerprint density at radius 2 is 2.06 bits per heavy atom. The number of nitrogen functional groups attached to an aromatic ring is 1. The Hall–Kier alpha value is -1.26. The maximum atomic E-state index is 10.2. The van der Waals surface area contributed by atoms with Gasteiger partial charge in [-0.15, -0.1) is 0 Å². The van der Waals surface area contributed by atoms with Crippen LogP contribution in [0.25, 0.3) is 0 Å². The second-order valence-corrected chi connectivity index (χ2v) is 4.94. The molecular formula is C14H23N3O. The summed E-state index contributed by atoms with van der Waals surface area (Å²) in [5.41, 5.74) is 8.42. The van der Waals surface area contributed by atoms with E-state index >= 15 is 0 Å². The van der Waals surface area contributed by atoms with Gasteiger partial charge in [0.05, 0.1) is 5.69 Å². The third-order valence-electron chi connectivity index (χ3n) is 3.78. The van der Waals surface area contributed by atoms with Crippen molar-refractivity contribution in [1.29, 1.82) is 0 Å². The topological polar surface area (TPSA) is 61.5 Å². The Morgan fingerprint density at radius 3 is 2.67 bits per heavy atom. The van der Waals surface area contributed by atoms with Gasteiger partial charge >= 0.3 is 0 Å². The van der Waals surface area contributed by atoms with E-state index in [4.69, 9.17) is 5.73 Å². The van der Waals surface area contributed by atoms with Crippen molar-refractivity contribution in [2.75, 3.05) is 31.9 Å². The van der Waals surface area contributed by atoms with Gasteiger partial charge in [0.15, 0.2) is 0 Å². The molecule has 4 nitrogen and oxygen atoms in total. The van der Waals surface area contributed by atoms with Crippen LogP contribution in [0.2, 0.25) is 0 Å². The molecule has 1 aliphatic rings. The molecule has 0 aromatic heterocycles. The summed E-state index contributed by atoms with van der Waals surface area (Å²) < 4.78 is 0. The van der Waals surface area contributed by atoms with Crippen LogP contribution in [0.4, 0.5) is 5.69 Å². The van der Waals surface area contributed by atoms with E-state index in [-0.39, 0.29) is 11.8 Å². The fourth-order valence-corrected chi connectivity index (χ4v) is 2.79. The number of phenolic OH excluding ortho intramolecular Hbond substituents is 1. The van der Waals surface area contributed by atoms with Crippen molar-refractivity contribution in [1.82, 2.24) is 10.2 Å². The van der Waals surface area contributed by atoms with Gasteiger partial charge in [0.1, 0.15) is 5.75 Å². The zero-order chi connectivity index (χ0) is 13.1. The highest BCUT2D eigenvalue weighted by Crippen LogP contribution is 2.37. The van der Waals surface area contributed by atoms with Crippen molar-refractivity contribution < 1.29 is 5.11 Å². The average Bonchev–Trinajstić information content (AvgIpc) is 2.40. The molecule has 1 heterocycles. The Labute approximate surface area is 109 Å². The van der Waals surface area contributed by atoms with Crippen molar-refractivity contribution in [2.45, 2.75) is 26.3 Å². The number of benzene rings is 1. The normalized spacial score (nSPS) is 18.8. The molecule has 1 aromatic carbocycles. The highest BCUT2D eigenvalue weighted by molar-refractivity contribution is 5.59. The largest absolute Gasteiger partial charge is 0.505 e. The number of hydrogen-bond donors (Lipinski definition) is 3. The van der Waals surface area contributed by atoms with Gasteiger partial charge in [0.2, 0.25) is 0 Å². The second-order valence-electron chi connectivity index (χ2n) is 4.94. The van der Waals surface area contributed by atoms with Gasteiger partial charge in [0.25, 0.3) is 0 Å². The molecule has 100 valence electrons. The molecule has 0 unspecified atom stereocenters. The number of nitrogens with one attached hydrogen (secondary N) is 1. The fourth-order valence-electron chi connectivity index (χ4n) is 2.79. The minimum atomic E-state index is 0.260. The van der Waals surface area contributed by atoms with E-state index in [1.807, 2.05) is 13.0 Å². The lowest BCUT2D eigenvalue weighted by Gasteiger charge is -2.35. The molecule has 4 heteroatoms. The highest BCUT2D eigenvalue weighted by atomic mass is 16.3. The Kier molecular flexibility index (Phi) is 4.09. The Morgan fingerprint density at radius 1 is 1.39 bits per heavy atom. The van der Waals surface area contributed by atoms with Crippen LogP contribution in [0.15, 0.2) is 12.1 Å². The molecule has 1 aromatic rings. The van der Waals surface area contributed by atoms with Crippen LogP contribution >= 0.6 is 0 Å². The van der Waals surface area contributed by atoms with Gasteiger partial charge < -0.3 is 16.2 Å². The number of nitrogens with two attached hydrogens (primary N) is 1. The molecule has 4 N–H and O–H groups in total. The first kappa shape index (κ1) is 13.2. The van der Waals surface area contributed by atoms with Crippen LogP contribution in [0.1, 0.15) is 30.5 Å². The van der Waals surface area contributed by atoms with E-state index in [1.54, 1.807) is 6.07 Å². The first-order chi connectivity index (χ1) is 8.65. The number of hydrogen-bond acceptors (Lipinski definition) is 4. The smallest absolute Gasteiger partial charge is 0.143 e. The lowest BCUT2D eigenvalue weighted by Crippen LogP contribution is -2.45. The minimum absolute atomic E-state index is 0.260. The molecule has 1 saturated heterocycles. The van der Waals surface area contributed by atoms with E-state index in [9.17, 15) is 5.11 Å². The molecule has 0 saturated carbocycles. The van der Waals surface area contributed by atoms with E-state index in [1.165, 1.54) is 0 Å². The molecule has 18 heavy (non-hydrogen) atoms. The van der Waals surface area contributed by atoms with Crippen molar-refractivity contribution in [3.05, 3.63) is 23.3 Å². The van der Waals surface area contributed by atoms with Crippen molar-refractivity contribution in [3.63, 3.8) is 0 Å². The predicted octanol–water partition coefficient (Wildman–Crippen LogP) is 1.64.